The van der Waals surface area contributed by atoms with E-state index in [1.54, 1.807) is 0 Å². The van der Waals surface area contributed by atoms with Crippen molar-refractivity contribution in [1.82, 2.24) is 0 Å². The van der Waals surface area contributed by atoms with Crippen LogP contribution in [0.5, 0.6) is 0 Å². The van der Waals surface area contributed by atoms with E-state index in [2.05, 4.69) is 38.3 Å². The summed E-state index contributed by atoms with van der Waals surface area (Å²) >= 11 is -5.04. The van der Waals surface area contributed by atoms with Gasteiger partial charge in [-0.1, -0.05) is 13.8 Å². The van der Waals surface area contributed by atoms with Gasteiger partial charge in [-0.25, -0.2) is 0 Å². The summed E-state index contributed by atoms with van der Waals surface area (Å²) in [5, 5.41) is 6.47. The predicted octanol–water partition coefficient (Wildman–Crippen LogP) is 13.4. The molecule has 2 aliphatic carbocycles. The Morgan fingerprint density at radius 2 is 0.982 bits per heavy atom. The Balaban J connectivity index is 1.47. The molecule has 0 saturated carbocycles. The van der Waals surface area contributed by atoms with E-state index in [4.69, 9.17) is 0 Å². The fourth-order valence-corrected chi connectivity index (χ4v) is 16.5. The summed E-state index contributed by atoms with van der Waals surface area (Å²) in [5.74, 6) is -3.22. The molecule has 2 nitrogen and oxygen atoms in total. The van der Waals surface area contributed by atoms with Gasteiger partial charge >= 0.3 is 317 Å². The first-order valence-electron chi connectivity index (χ1n) is 20.1. The van der Waals surface area contributed by atoms with Crippen molar-refractivity contribution in [3.63, 3.8) is 0 Å². The molecular formula is C48H54F4N2Ti. The summed E-state index contributed by atoms with van der Waals surface area (Å²) in [5.41, 5.74) is 6.17. The van der Waals surface area contributed by atoms with Gasteiger partial charge in [-0.3, -0.25) is 0 Å². The van der Waals surface area contributed by atoms with Crippen LogP contribution in [0, 0.1) is 37.1 Å². The molecule has 0 aromatic heterocycles. The first kappa shape index (κ1) is 40.5. The molecule has 4 aromatic rings. The molecule has 0 atom stereocenters. The summed E-state index contributed by atoms with van der Waals surface area (Å²) in [6.45, 7) is 8.52. The third-order valence-electron chi connectivity index (χ3n) is 11.3. The van der Waals surface area contributed by atoms with Crippen LogP contribution in [0.3, 0.4) is 0 Å². The van der Waals surface area contributed by atoms with Gasteiger partial charge in [0, 0.05) is 0 Å². The van der Waals surface area contributed by atoms with Crippen molar-refractivity contribution in [2.45, 2.75) is 105 Å². The van der Waals surface area contributed by atoms with Crippen molar-refractivity contribution < 1.29 is 34.2 Å². The summed E-state index contributed by atoms with van der Waals surface area (Å²) < 4.78 is 69.4. The van der Waals surface area contributed by atoms with Gasteiger partial charge in [-0.15, -0.1) is 0 Å². The van der Waals surface area contributed by atoms with Crippen molar-refractivity contribution in [3.05, 3.63) is 150 Å². The molecule has 0 amide bonds. The first-order chi connectivity index (χ1) is 26.7. The van der Waals surface area contributed by atoms with Crippen LogP contribution in [0.2, 0.25) is 0 Å². The molecule has 0 bridgehead atoms. The number of anilines is 4. The molecule has 0 aliphatic heterocycles. The quantitative estimate of drug-likeness (QED) is 0.0597. The molecule has 0 spiro atoms. The Morgan fingerprint density at radius 3 is 1.36 bits per heavy atom. The molecule has 0 heterocycles. The van der Waals surface area contributed by atoms with E-state index >= 15 is 17.6 Å². The third-order valence-corrected chi connectivity index (χ3v) is 19.2. The average molecular weight is 783 g/mol. The Morgan fingerprint density at radius 1 is 0.545 bits per heavy atom. The Hall–Kier alpha value is -4.13. The van der Waals surface area contributed by atoms with Gasteiger partial charge in [0.25, 0.3) is 0 Å². The number of hydrogen-bond acceptors (Lipinski definition) is 2. The van der Waals surface area contributed by atoms with Crippen LogP contribution in [-0.2, 0) is 29.4 Å². The van der Waals surface area contributed by atoms with Crippen LogP contribution in [0.25, 0.3) is 0 Å². The number of rotatable bonds is 18. The second kappa shape index (κ2) is 18.7. The van der Waals surface area contributed by atoms with Crippen LogP contribution in [0.15, 0.2) is 105 Å². The fourth-order valence-electron chi connectivity index (χ4n) is 8.24. The number of allylic oxidation sites excluding steroid dienone is 8. The molecule has 2 N–H and O–H groups in total. The standard InChI is InChI=1S/2C19H22F2N.2C5H5.Ti/c2*1-3-4-5-6-7-15-12-17(10-8-14(15)2)22-19-11-9-16(20)13-18(19)21;2*1-2-4-5-3-1;/h2*8-12,22H,3-7H2,1-2H3;2*1-3H,4H2;. The maximum atomic E-state index is 17.5. The zero-order chi connectivity index (χ0) is 39.0. The SMILES string of the molecule is CCCCCCc1cc(Nc2ccc(F)[c]([Ti]([C]3=CC=CC3)([C]3=CC=CC3)[c]3c(F)ccc(Nc4ccc(C)c(CCCCCC)c4)c3F)c2F)ccc1C. The number of unbranched alkanes of at least 4 members (excludes halogenated alkanes) is 6. The normalized spacial score (nSPS) is 13.7. The van der Waals surface area contributed by atoms with Crippen molar-refractivity contribution in [1.29, 1.82) is 0 Å². The van der Waals surface area contributed by atoms with Crippen LogP contribution >= 0.6 is 0 Å². The van der Waals surface area contributed by atoms with Gasteiger partial charge < -0.3 is 0 Å². The third kappa shape index (κ3) is 8.82. The van der Waals surface area contributed by atoms with Crippen LogP contribution in [-0.4, -0.2) is 0 Å². The zero-order valence-electron chi connectivity index (χ0n) is 32.7. The van der Waals surface area contributed by atoms with Crippen molar-refractivity contribution in [2.24, 2.45) is 0 Å². The number of hydrogen-bond donors (Lipinski definition) is 2. The summed E-state index contributed by atoms with van der Waals surface area (Å²) in [6.07, 6.45) is 22.7. The topological polar surface area (TPSA) is 24.1 Å². The van der Waals surface area contributed by atoms with Gasteiger partial charge in [-0.2, -0.15) is 0 Å². The van der Waals surface area contributed by atoms with E-state index < -0.39 is 39.9 Å². The van der Waals surface area contributed by atoms with E-state index in [1.165, 1.54) is 48.2 Å². The molecule has 0 radical (unpaired) electrons. The van der Waals surface area contributed by atoms with E-state index in [0.29, 0.717) is 32.0 Å². The van der Waals surface area contributed by atoms with E-state index in [9.17, 15) is 0 Å². The van der Waals surface area contributed by atoms with Crippen molar-refractivity contribution in [3.8, 4) is 0 Å². The minimum absolute atomic E-state index is 0.0755. The number of aryl methyl sites for hydroxylation is 4. The Labute approximate surface area is 328 Å². The summed E-state index contributed by atoms with van der Waals surface area (Å²) in [4.78, 5) is 0. The Kier molecular flexibility index (Phi) is 13.8. The van der Waals surface area contributed by atoms with Gasteiger partial charge in [0.2, 0.25) is 0 Å². The summed E-state index contributed by atoms with van der Waals surface area (Å²) in [6, 6.07) is 17.2. The maximum absolute atomic E-state index is 17.5. The molecule has 7 heteroatoms. The van der Waals surface area contributed by atoms with E-state index in [0.717, 1.165) is 62.5 Å². The second-order valence-electron chi connectivity index (χ2n) is 15.1. The molecule has 4 aromatic carbocycles. The molecule has 55 heavy (non-hydrogen) atoms. The van der Waals surface area contributed by atoms with Gasteiger partial charge in [0.15, 0.2) is 0 Å². The number of benzene rings is 4. The average Bonchev–Trinajstić information content (AvgIpc) is 3.92. The number of halogens is 4. The van der Waals surface area contributed by atoms with Gasteiger partial charge in [0.05, 0.1) is 0 Å². The molecule has 2 aliphatic rings. The predicted molar refractivity (Wildman–Crippen MR) is 220 cm³/mol. The summed E-state index contributed by atoms with van der Waals surface area (Å²) in [7, 11) is 0. The molecule has 6 rings (SSSR count). The van der Waals surface area contributed by atoms with Gasteiger partial charge in [-0.05, 0) is 0 Å². The molecule has 0 fully saturated rings. The minimum atomic E-state index is -5.04. The monoisotopic (exact) mass is 782 g/mol. The molecule has 288 valence electrons. The van der Waals surface area contributed by atoms with E-state index in [1.807, 2.05) is 72.9 Å². The van der Waals surface area contributed by atoms with Crippen molar-refractivity contribution >= 4 is 30.5 Å². The molecular weight excluding hydrogens is 728 g/mol. The van der Waals surface area contributed by atoms with Crippen LogP contribution in [0.4, 0.5) is 40.3 Å². The fraction of sp³-hybridized carbons (Fsp3) is 0.333. The zero-order valence-corrected chi connectivity index (χ0v) is 34.3. The van der Waals surface area contributed by atoms with E-state index in [-0.39, 0.29) is 19.1 Å². The molecule has 0 saturated heterocycles. The number of nitrogens with one attached hydrogen (secondary N) is 2. The van der Waals surface area contributed by atoms with Crippen LogP contribution < -0.4 is 18.4 Å². The Bertz CT molecular complexity index is 1980. The van der Waals surface area contributed by atoms with Crippen molar-refractivity contribution in [2.75, 3.05) is 10.6 Å². The first-order valence-corrected chi connectivity index (χ1v) is 23.2. The molecule has 0 unspecified atom stereocenters. The van der Waals surface area contributed by atoms with Gasteiger partial charge in [0.1, 0.15) is 0 Å². The van der Waals surface area contributed by atoms with Crippen LogP contribution in [0.1, 0.15) is 100 Å². The second-order valence-corrected chi connectivity index (χ2v) is 21.0.